The lowest BCUT2D eigenvalue weighted by Gasteiger charge is -2.27. The first kappa shape index (κ1) is 14.7. The zero-order chi connectivity index (χ0) is 16.1. The number of ether oxygens (including phenoxy) is 1. The van der Waals surface area contributed by atoms with Crippen molar-refractivity contribution in [2.75, 3.05) is 12.3 Å². The molecule has 116 valence electrons. The summed E-state index contributed by atoms with van der Waals surface area (Å²) in [6.07, 6.45) is 5.17. The normalized spacial score (nSPS) is 31.5. The van der Waals surface area contributed by atoms with Gasteiger partial charge in [-0.15, -0.1) is 6.42 Å². The lowest BCUT2D eigenvalue weighted by atomic mass is 9.96. The Balaban J connectivity index is 2.20. The maximum atomic E-state index is 10.6. The van der Waals surface area contributed by atoms with Gasteiger partial charge in [0, 0.05) is 6.20 Å². The van der Waals surface area contributed by atoms with Gasteiger partial charge in [0.1, 0.15) is 35.6 Å². The Morgan fingerprint density at radius 3 is 2.86 bits per heavy atom. The van der Waals surface area contributed by atoms with E-state index >= 15 is 0 Å². The second-order valence-electron chi connectivity index (χ2n) is 5.43. The molecule has 1 fully saturated rings. The molecule has 0 radical (unpaired) electrons. The zero-order valence-electron chi connectivity index (χ0n) is 11.8. The SMILES string of the molecule is C#Cc1cn(C2O[C@H](CO)[C@@H](O)[C@@]2(C)O)c2ncnc(N)c12. The van der Waals surface area contributed by atoms with E-state index in [9.17, 15) is 15.3 Å². The molecule has 8 nitrogen and oxygen atoms in total. The number of rotatable bonds is 2. The van der Waals surface area contributed by atoms with Crippen LogP contribution in [0.3, 0.4) is 0 Å². The molecule has 22 heavy (non-hydrogen) atoms. The van der Waals surface area contributed by atoms with Gasteiger partial charge >= 0.3 is 0 Å². The largest absolute Gasteiger partial charge is 0.394 e. The molecule has 4 atom stereocenters. The summed E-state index contributed by atoms with van der Waals surface area (Å²) >= 11 is 0. The number of fused-ring (bicyclic) bond motifs is 1. The van der Waals surface area contributed by atoms with E-state index in [4.69, 9.17) is 16.9 Å². The fourth-order valence-corrected chi connectivity index (χ4v) is 2.79. The lowest BCUT2D eigenvalue weighted by Crippen LogP contribution is -2.44. The molecule has 0 saturated carbocycles. The standard InChI is InChI=1S/C14H16N4O4/c1-3-7-4-18(12-9(7)11(15)16-6-17-12)13-14(2,21)10(20)8(5-19)22-13/h1,4,6,8,10,13,19-21H,5H2,2H3,(H2,15,16,17)/t8-,10-,13?,14-/m1/s1. The second kappa shape index (κ2) is 4.93. The molecule has 1 saturated heterocycles. The van der Waals surface area contributed by atoms with Crippen LogP contribution in [0.15, 0.2) is 12.5 Å². The molecular weight excluding hydrogens is 288 g/mol. The summed E-state index contributed by atoms with van der Waals surface area (Å²) in [5.74, 6) is 2.70. The molecule has 5 N–H and O–H groups in total. The molecule has 1 aliphatic heterocycles. The average molecular weight is 304 g/mol. The van der Waals surface area contributed by atoms with Crippen LogP contribution < -0.4 is 5.73 Å². The van der Waals surface area contributed by atoms with Crippen LogP contribution in [0.5, 0.6) is 0 Å². The van der Waals surface area contributed by atoms with Gasteiger partial charge in [0.15, 0.2) is 6.23 Å². The Hall–Kier alpha value is -2.18. The first-order chi connectivity index (χ1) is 10.4. The maximum absolute atomic E-state index is 10.6. The zero-order valence-corrected chi connectivity index (χ0v) is 11.8. The Labute approximate surface area is 126 Å². The third kappa shape index (κ3) is 1.88. The fourth-order valence-electron chi connectivity index (χ4n) is 2.79. The van der Waals surface area contributed by atoms with Gasteiger partial charge < -0.3 is 30.4 Å². The Bertz CT molecular complexity index is 764. The molecule has 0 spiro atoms. The molecule has 8 heteroatoms. The van der Waals surface area contributed by atoms with Crippen molar-refractivity contribution in [1.29, 1.82) is 0 Å². The number of hydrogen-bond donors (Lipinski definition) is 4. The Morgan fingerprint density at radius 2 is 2.27 bits per heavy atom. The van der Waals surface area contributed by atoms with Crippen LogP contribution in [0.4, 0.5) is 5.82 Å². The van der Waals surface area contributed by atoms with Crippen LogP contribution in [0.25, 0.3) is 11.0 Å². The maximum Gasteiger partial charge on any atom is 0.167 e. The summed E-state index contributed by atoms with van der Waals surface area (Å²) in [6, 6.07) is 0. The van der Waals surface area contributed by atoms with Crippen LogP contribution in [0, 0.1) is 12.3 Å². The van der Waals surface area contributed by atoms with Crippen molar-refractivity contribution < 1.29 is 20.1 Å². The molecule has 0 amide bonds. The van der Waals surface area contributed by atoms with E-state index in [0.29, 0.717) is 16.6 Å². The highest BCUT2D eigenvalue weighted by Gasteiger charge is 2.53. The van der Waals surface area contributed by atoms with Crippen molar-refractivity contribution in [2.45, 2.75) is 31.0 Å². The van der Waals surface area contributed by atoms with Gasteiger partial charge in [-0.2, -0.15) is 0 Å². The summed E-state index contributed by atoms with van der Waals surface area (Å²) in [5, 5.41) is 30.4. The average Bonchev–Trinajstić information content (AvgIpc) is 2.97. The third-order valence-electron chi connectivity index (χ3n) is 3.98. The van der Waals surface area contributed by atoms with Gasteiger partial charge in [0.25, 0.3) is 0 Å². The van der Waals surface area contributed by atoms with E-state index in [2.05, 4.69) is 15.9 Å². The molecule has 2 aromatic heterocycles. The number of anilines is 1. The summed E-state index contributed by atoms with van der Waals surface area (Å²) < 4.78 is 7.07. The molecule has 3 heterocycles. The highest BCUT2D eigenvalue weighted by molar-refractivity contribution is 5.92. The number of hydrogen-bond acceptors (Lipinski definition) is 7. The van der Waals surface area contributed by atoms with Crippen molar-refractivity contribution in [3.05, 3.63) is 18.1 Å². The van der Waals surface area contributed by atoms with Crippen LogP contribution in [-0.2, 0) is 4.74 Å². The molecule has 1 aliphatic rings. The quantitative estimate of drug-likeness (QED) is 0.524. The molecular formula is C14H16N4O4. The van der Waals surface area contributed by atoms with Gasteiger partial charge in [-0.05, 0) is 6.92 Å². The molecule has 0 bridgehead atoms. The molecule has 3 rings (SSSR count). The summed E-state index contributed by atoms with van der Waals surface area (Å²) in [4.78, 5) is 8.04. The minimum atomic E-state index is -1.63. The Morgan fingerprint density at radius 1 is 1.55 bits per heavy atom. The minimum absolute atomic E-state index is 0.216. The van der Waals surface area contributed by atoms with E-state index in [1.54, 1.807) is 6.20 Å². The van der Waals surface area contributed by atoms with Crippen LogP contribution >= 0.6 is 0 Å². The van der Waals surface area contributed by atoms with Crippen LogP contribution in [-0.4, -0.2) is 54.3 Å². The summed E-state index contributed by atoms with van der Waals surface area (Å²) in [6.45, 7) is 0.996. The number of nitrogens with two attached hydrogens (primary N) is 1. The van der Waals surface area contributed by atoms with Gasteiger partial charge in [-0.1, -0.05) is 5.92 Å². The molecule has 0 aromatic carbocycles. The minimum Gasteiger partial charge on any atom is -0.394 e. The predicted molar refractivity (Wildman–Crippen MR) is 77.5 cm³/mol. The lowest BCUT2D eigenvalue weighted by molar-refractivity contribution is -0.0948. The van der Waals surface area contributed by atoms with Gasteiger partial charge in [0.2, 0.25) is 0 Å². The van der Waals surface area contributed by atoms with Gasteiger partial charge in [0.05, 0.1) is 17.6 Å². The smallest absolute Gasteiger partial charge is 0.167 e. The van der Waals surface area contributed by atoms with Crippen LogP contribution in [0.2, 0.25) is 0 Å². The molecule has 1 unspecified atom stereocenters. The van der Waals surface area contributed by atoms with E-state index in [0.717, 1.165) is 0 Å². The topological polar surface area (TPSA) is 127 Å². The number of nitrogen functional groups attached to an aromatic ring is 1. The molecule has 2 aromatic rings. The highest BCUT2D eigenvalue weighted by Crippen LogP contribution is 2.40. The number of aliphatic hydroxyl groups excluding tert-OH is 2. The van der Waals surface area contributed by atoms with E-state index in [-0.39, 0.29) is 5.82 Å². The third-order valence-corrected chi connectivity index (χ3v) is 3.98. The van der Waals surface area contributed by atoms with Crippen molar-refractivity contribution in [3.8, 4) is 12.3 Å². The number of aromatic nitrogens is 3. The van der Waals surface area contributed by atoms with Crippen molar-refractivity contribution >= 4 is 16.9 Å². The van der Waals surface area contributed by atoms with Crippen molar-refractivity contribution in [1.82, 2.24) is 14.5 Å². The number of aliphatic hydroxyl groups is 3. The monoisotopic (exact) mass is 304 g/mol. The van der Waals surface area contributed by atoms with E-state index in [1.807, 2.05) is 0 Å². The van der Waals surface area contributed by atoms with Crippen molar-refractivity contribution in [2.24, 2.45) is 0 Å². The number of terminal acetylenes is 1. The number of nitrogens with zero attached hydrogens (tertiary/aromatic N) is 3. The van der Waals surface area contributed by atoms with E-state index in [1.165, 1.54) is 17.8 Å². The fraction of sp³-hybridized carbons (Fsp3) is 0.429. The van der Waals surface area contributed by atoms with Crippen LogP contribution in [0.1, 0.15) is 18.7 Å². The van der Waals surface area contributed by atoms with Gasteiger partial charge in [-0.3, -0.25) is 0 Å². The molecule has 0 aliphatic carbocycles. The first-order valence-corrected chi connectivity index (χ1v) is 6.66. The second-order valence-corrected chi connectivity index (χ2v) is 5.43. The van der Waals surface area contributed by atoms with E-state index < -0.39 is 30.6 Å². The Kier molecular flexibility index (Phi) is 3.30. The van der Waals surface area contributed by atoms with Gasteiger partial charge in [-0.25, -0.2) is 9.97 Å². The van der Waals surface area contributed by atoms with Crippen molar-refractivity contribution in [3.63, 3.8) is 0 Å². The summed E-state index contributed by atoms with van der Waals surface area (Å²) in [7, 11) is 0. The predicted octanol–water partition coefficient (Wildman–Crippen LogP) is -1.00. The summed E-state index contributed by atoms with van der Waals surface area (Å²) in [5.41, 5.74) is 5.05. The first-order valence-electron chi connectivity index (χ1n) is 6.66. The highest BCUT2D eigenvalue weighted by atomic mass is 16.6.